The van der Waals surface area contributed by atoms with Gasteiger partial charge in [0.15, 0.2) is 53.8 Å². The molecule has 28 heavy (non-hydrogen) atoms. The predicted molar refractivity (Wildman–Crippen MR) is 141 cm³/mol. The van der Waals surface area contributed by atoms with E-state index >= 15 is 0 Å². The highest BCUT2D eigenvalue weighted by Gasteiger charge is 2.50. The van der Waals surface area contributed by atoms with E-state index in [1.807, 2.05) is 0 Å². The van der Waals surface area contributed by atoms with Crippen molar-refractivity contribution in [1.82, 2.24) is 0 Å². The van der Waals surface area contributed by atoms with Crippen molar-refractivity contribution in [2.24, 2.45) is 0 Å². The molecule has 0 unspecified atom stereocenters. The maximum atomic E-state index is 8.52. The molecule has 0 aliphatic carbocycles. The van der Waals surface area contributed by atoms with Crippen molar-refractivity contribution < 1.29 is 24.7 Å². The molecular formula is C14H46O6Si8. The SMILES string of the molecule is [3H][Si](C)(C)O[Si](CC[Si](O[Si]([3H])(C)C)(O[Si]([3H])(C)C)O[Si]([3H])(C)C)(O[Si]([3H])(C)C)O[Si]([3H])(C)C. The second-order valence-corrected chi connectivity index (χ2v) is 27.5. The first kappa shape index (κ1) is 20.1. The molecule has 0 radical (unpaired) electrons. The molecule has 170 valence electrons. The maximum Gasteiger partial charge on any atom is 0.468 e. The first-order valence-corrected chi connectivity index (χ1v) is 28.0. The molecular weight excluding hydrogens is 489 g/mol. The number of hydrogen-bond donors (Lipinski definition) is 0. The van der Waals surface area contributed by atoms with Crippen molar-refractivity contribution in [3.05, 3.63) is 0 Å². The Hall–Kier alpha value is 1.50. The monoisotopic (exact) mass is 546 g/mol. The van der Waals surface area contributed by atoms with Crippen molar-refractivity contribution >= 4 is 71.4 Å². The second-order valence-electron chi connectivity index (χ2n) is 7.93. The van der Waals surface area contributed by atoms with Crippen LogP contribution in [0.1, 0.15) is 0 Å². The fourth-order valence-electron chi connectivity index (χ4n) is 2.60. The molecule has 0 fully saturated rings. The molecule has 0 amide bonds. The van der Waals surface area contributed by atoms with E-state index in [0.29, 0.717) is 0 Å². The van der Waals surface area contributed by atoms with Crippen molar-refractivity contribution in [3.63, 3.8) is 0 Å². The molecule has 0 atom stereocenters. The van der Waals surface area contributed by atoms with E-state index in [2.05, 4.69) is 0 Å². The average molecular weight is 547 g/mol. The molecule has 0 rings (SSSR count). The van der Waals surface area contributed by atoms with Crippen LogP contribution in [0.5, 0.6) is 0 Å². The first-order chi connectivity index (χ1) is 14.4. The Labute approximate surface area is 194 Å². The van der Waals surface area contributed by atoms with Crippen LogP contribution in [-0.4, -0.2) is 78.9 Å². The zero-order valence-electron chi connectivity index (χ0n) is 25.9. The van der Waals surface area contributed by atoms with Crippen molar-refractivity contribution in [2.75, 3.05) is 0 Å². The minimum absolute atomic E-state index is 0.0819. The summed E-state index contributed by atoms with van der Waals surface area (Å²) in [5, 5.41) is 0. The lowest BCUT2D eigenvalue weighted by Crippen LogP contribution is -2.58. The zero-order chi connectivity index (χ0) is 27.7. The molecule has 0 aliphatic heterocycles. The van der Waals surface area contributed by atoms with Gasteiger partial charge in [-0.25, -0.2) is 0 Å². The standard InChI is InChI=1S/C14H46O6Si8/c1-21(2)15-27(16-22(3)4,17-23(5)6)13-14-28(18-24(7)8,19-25(9)10)20-26(11)12/h21-26H,13-14H2,1-12H3/i21T,22T,23T,24T,25T,26T. The third kappa shape index (κ3) is 13.0. The van der Waals surface area contributed by atoms with Crippen molar-refractivity contribution in [3.8, 4) is 0 Å². The molecule has 0 heterocycles. The summed E-state index contributed by atoms with van der Waals surface area (Å²) in [6, 6.07) is 0.164. The van der Waals surface area contributed by atoms with Gasteiger partial charge in [0, 0.05) is 19.5 Å². The minimum Gasteiger partial charge on any atom is -0.420 e. The van der Waals surface area contributed by atoms with Crippen molar-refractivity contribution in [2.45, 2.75) is 90.7 Å². The van der Waals surface area contributed by atoms with Crippen LogP contribution < -0.4 is 0 Å². The largest absolute Gasteiger partial charge is 0.468 e. The summed E-state index contributed by atoms with van der Waals surface area (Å²) in [4.78, 5) is 0. The quantitative estimate of drug-likeness (QED) is 0.294. The Morgan fingerprint density at radius 2 is 0.571 bits per heavy atom. The van der Waals surface area contributed by atoms with Crippen LogP contribution in [-0.2, 0) is 24.7 Å². The Bertz CT molecular complexity index is 516. The summed E-state index contributed by atoms with van der Waals surface area (Å²) in [6.07, 6.45) is 0. The molecule has 14 heteroatoms. The van der Waals surface area contributed by atoms with E-state index in [1.165, 1.54) is 0 Å². The fraction of sp³-hybridized carbons (Fsp3) is 1.00. The second kappa shape index (κ2) is 13.8. The van der Waals surface area contributed by atoms with Crippen molar-refractivity contribution in [1.29, 1.82) is 7.41 Å². The van der Waals surface area contributed by atoms with Crippen LogP contribution in [0, 0.1) is 0 Å². The average Bonchev–Trinajstić information content (AvgIpc) is 2.32. The number of rotatable bonds is 15. The lowest BCUT2D eigenvalue weighted by atomic mass is 11.0. The van der Waals surface area contributed by atoms with E-state index in [4.69, 9.17) is 32.1 Å². The van der Waals surface area contributed by atoms with Crippen LogP contribution in [0.15, 0.2) is 0 Å². The van der Waals surface area contributed by atoms with Gasteiger partial charge in [-0.2, -0.15) is 0 Å². The molecule has 6 nitrogen and oxygen atoms in total. The molecule has 0 saturated carbocycles. The van der Waals surface area contributed by atoms with Crippen LogP contribution in [0.2, 0.25) is 90.7 Å². The van der Waals surface area contributed by atoms with Gasteiger partial charge in [-0.1, -0.05) is 0 Å². The van der Waals surface area contributed by atoms with Crippen LogP contribution in [0.3, 0.4) is 0 Å². The van der Waals surface area contributed by atoms with Gasteiger partial charge in [0.2, 0.25) is 0 Å². The zero-order valence-corrected chi connectivity index (χ0v) is 27.9. The lowest BCUT2D eigenvalue weighted by molar-refractivity contribution is 0.249. The van der Waals surface area contributed by atoms with Gasteiger partial charge in [0.25, 0.3) is 0 Å². The normalized spacial score (nSPS) is 19.3. The molecule has 0 N–H and O–H groups in total. The van der Waals surface area contributed by atoms with Gasteiger partial charge in [-0.3, -0.25) is 0 Å². The third-order valence-electron chi connectivity index (χ3n) is 2.90. The summed E-state index contributed by atoms with van der Waals surface area (Å²) in [6.45, 7) is 20.2. The van der Waals surface area contributed by atoms with Gasteiger partial charge >= 0.3 is 17.6 Å². The van der Waals surface area contributed by atoms with Crippen LogP contribution >= 0.6 is 0 Å². The third-order valence-corrected chi connectivity index (χ3v) is 22.4. The summed E-state index contributed by atoms with van der Waals surface area (Å²) < 4.78 is 88.6. The molecule has 0 aromatic rings. The Balaban J connectivity index is 6.68. The summed E-state index contributed by atoms with van der Waals surface area (Å²) in [5.41, 5.74) is 0. The predicted octanol–water partition coefficient (Wildman–Crippen LogP) is 2.86. The Kier molecular flexibility index (Phi) is 9.93. The highest BCUT2D eigenvalue weighted by molar-refractivity contribution is 6.83. The van der Waals surface area contributed by atoms with E-state index in [0.717, 1.165) is 0 Å². The van der Waals surface area contributed by atoms with Gasteiger partial charge in [0.05, 0.1) is 0 Å². The Morgan fingerprint density at radius 1 is 0.429 bits per heavy atom. The van der Waals surface area contributed by atoms with Gasteiger partial charge < -0.3 is 24.7 Å². The van der Waals surface area contributed by atoms with Crippen LogP contribution in [0.4, 0.5) is 0 Å². The van der Waals surface area contributed by atoms with E-state index in [-0.39, 0.29) is 12.1 Å². The molecule has 0 spiro atoms. The highest BCUT2D eigenvalue weighted by Crippen LogP contribution is 2.29. The molecule has 0 bridgehead atoms. The maximum absolute atomic E-state index is 8.52. The molecule has 0 saturated heterocycles. The molecule has 0 aromatic heterocycles. The van der Waals surface area contributed by atoms with Gasteiger partial charge in [-0.15, -0.1) is 0 Å². The summed E-state index contributed by atoms with van der Waals surface area (Å²) in [5.74, 6) is 0. The lowest BCUT2D eigenvalue weighted by Gasteiger charge is -2.39. The highest BCUT2D eigenvalue weighted by atomic mass is 28.5. The smallest absolute Gasteiger partial charge is 0.420 e. The van der Waals surface area contributed by atoms with Crippen LogP contribution in [0.25, 0.3) is 0 Å². The first-order valence-electron chi connectivity index (χ1n) is 12.7. The summed E-state index contributed by atoms with van der Waals surface area (Å²) >= 11 is 0. The van der Waals surface area contributed by atoms with E-state index in [1.54, 1.807) is 78.6 Å². The number of hydrogen-bond acceptors (Lipinski definition) is 6. The fourth-order valence-corrected chi connectivity index (χ4v) is 25.7. The van der Waals surface area contributed by atoms with Gasteiger partial charge in [0.1, 0.15) is 0 Å². The van der Waals surface area contributed by atoms with E-state index in [9.17, 15) is 0 Å². The minimum atomic E-state index is -3.76. The molecule has 0 aliphatic rings. The Morgan fingerprint density at radius 3 is 0.679 bits per heavy atom. The summed E-state index contributed by atoms with van der Waals surface area (Å²) in [7, 11) is -25.4. The van der Waals surface area contributed by atoms with Gasteiger partial charge in [-0.05, 0) is 78.6 Å². The topological polar surface area (TPSA) is 55.4 Å². The molecule has 0 aromatic carbocycles. The van der Waals surface area contributed by atoms with E-state index < -0.39 is 71.4 Å².